The maximum atomic E-state index is 12.5. The highest BCUT2D eigenvalue weighted by atomic mass is 16.5. The van der Waals surface area contributed by atoms with Gasteiger partial charge in [-0.15, -0.1) is 0 Å². The fourth-order valence-corrected chi connectivity index (χ4v) is 2.94. The number of amides is 1. The summed E-state index contributed by atoms with van der Waals surface area (Å²) in [6, 6.07) is 17.6. The molecule has 2 aromatic heterocycles. The van der Waals surface area contributed by atoms with Crippen molar-refractivity contribution in [3.05, 3.63) is 78.1 Å². The molecule has 2 N–H and O–H groups in total. The molecule has 1 amide bonds. The average Bonchev–Trinajstić information content (AvgIpc) is 3.30. The highest BCUT2D eigenvalue weighted by Gasteiger charge is 2.17. The van der Waals surface area contributed by atoms with E-state index in [1.807, 2.05) is 54.7 Å². The van der Waals surface area contributed by atoms with Crippen LogP contribution in [0.1, 0.15) is 15.9 Å². The third kappa shape index (κ3) is 3.04. The van der Waals surface area contributed by atoms with Crippen LogP contribution >= 0.6 is 0 Å². The molecule has 0 saturated heterocycles. The topological polar surface area (TPSA) is 70.9 Å². The lowest BCUT2D eigenvalue weighted by molar-refractivity contribution is 0.0954. The van der Waals surface area contributed by atoms with Gasteiger partial charge >= 0.3 is 0 Å². The zero-order valence-corrected chi connectivity index (χ0v) is 13.5. The molecule has 2 aromatic carbocycles. The summed E-state index contributed by atoms with van der Waals surface area (Å²) in [5.74, 6) is 0.310. The van der Waals surface area contributed by atoms with E-state index in [2.05, 4.69) is 21.5 Å². The van der Waals surface area contributed by atoms with Crippen molar-refractivity contribution in [2.24, 2.45) is 0 Å². The van der Waals surface area contributed by atoms with Crippen molar-refractivity contribution in [3.8, 4) is 11.3 Å². The number of benzene rings is 2. The summed E-state index contributed by atoms with van der Waals surface area (Å²) in [7, 11) is 0. The summed E-state index contributed by atoms with van der Waals surface area (Å²) in [5.41, 5.74) is 3.57. The van der Waals surface area contributed by atoms with E-state index in [9.17, 15) is 4.79 Å². The first-order chi connectivity index (χ1) is 12.3. The number of para-hydroxylation sites is 1. The van der Waals surface area contributed by atoms with Gasteiger partial charge in [-0.25, -0.2) is 0 Å². The van der Waals surface area contributed by atoms with Crippen LogP contribution in [0, 0.1) is 0 Å². The van der Waals surface area contributed by atoms with Gasteiger partial charge in [0.1, 0.15) is 5.56 Å². The smallest absolute Gasteiger partial charge is 0.256 e. The number of nitrogens with one attached hydrogen (secondary N) is 2. The van der Waals surface area contributed by atoms with Crippen molar-refractivity contribution in [2.75, 3.05) is 6.54 Å². The standard InChI is InChI=1S/C20H17N3O2/c24-20(17-13-23-25-19(17)14-6-2-1-3-7-14)21-11-10-15-12-22-18-9-5-4-8-16(15)18/h1-9,12-13,22H,10-11H2,(H,21,24). The summed E-state index contributed by atoms with van der Waals surface area (Å²) in [6.45, 7) is 0.542. The molecule has 0 radical (unpaired) electrons. The second-order valence-electron chi connectivity index (χ2n) is 5.80. The first kappa shape index (κ1) is 15.2. The Morgan fingerprint density at radius 2 is 1.88 bits per heavy atom. The average molecular weight is 331 g/mol. The highest BCUT2D eigenvalue weighted by molar-refractivity contribution is 5.99. The molecule has 2 heterocycles. The number of H-pyrrole nitrogens is 1. The Labute approximate surface area is 144 Å². The lowest BCUT2D eigenvalue weighted by Gasteiger charge is -2.05. The first-order valence-electron chi connectivity index (χ1n) is 8.16. The maximum absolute atomic E-state index is 12.5. The Kier molecular flexibility index (Phi) is 4.04. The predicted octanol–water partition coefficient (Wildman–Crippen LogP) is 3.80. The van der Waals surface area contributed by atoms with Crippen molar-refractivity contribution in [1.82, 2.24) is 15.5 Å². The maximum Gasteiger partial charge on any atom is 0.256 e. The molecule has 0 aliphatic heterocycles. The molecule has 5 nitrogen and oxygen atoms in total. The van der Waals surface area contributed by atoms with E-state index >= 15 is 0 Å². The molecule has 124 valence electrons. The van der Waals surface area contributed by atoms with Gasteiger partial charge in [-0.05, 0) is 18.1 Å². The number of hydrogen-bond donors (Lipinski definition) is 2. The lowest BCUT2D eigenvalue weighted by Crippen LogP contribution is -2.25. The van der Waals surface area contributed by atoms with Gasteiger partial charge in [-0.2, -0.15) is 0 Å². The lowest BCUT2D eigenvalue weighted by atomic mass is 10.1. The zero-order valence-electron chi connectivity index (χ0n) is 13.5. The number of carbonyl (C=O) groups is 1. The number of carbonyl (C=O) groups excluding carboxylic acids is 1. The minimum atomic E-state index is -0.181. The van der Waals surface area contributed by atoms with E-state index in [4.69, 9.17) is 4.52 Å². The molecule has 0 bridgehead atoms. The minimum Gasteiger partial charge on any atom is -0.361 e. The second-order valence-corrected chi connectivity index (χ2v) is 5.80. The molecule has 5 heteroatoms. The van der Waals surface area contributed by atoms with Gasteiger partial charge in [0.2, 0.25) is 0 Å². The quantitative estimate of drug-likeness (QED) is 0.584. The van der Waals surface area contributed by atoms with Crippen LogP contribution in [0.25, 0.3) is 22.2 Å². The summed E-state index contributed by atoms with van der Waals surface area (Å²) in [5, 5.41) is 7.91. The first-order valence-corrected chi connectivity index (χ1v) is 8.16. The van der Waals surface area contributed by atoms with Gasteiger partial charge in [-0.3, -0.25) is 4.79 Å². The normalized spacial score (nSPS) is 10.9. The van der Waals surface area contributed by atoms with Gasteiger partial charge in [0.15, 0.2) is 5.76 Å². The van der Waals surface area contributed by atoms with Gasteiger partial charge < -0.3 is 14.8 Å². The molecule has 0 fully saturated rings. The number of hydrogen-bond acceptors (Lipinski definition) is 3. The summed E-state index contributed by atoms with van der Waals surface area (Å²) < 4.78 is 5.27. The third-order valence-corrected chi connectivity index (χ3v) is 4.21. The number of rotatable bonds is 5. The van der Waals surface area contributed by atoms with Gasteiger partial charge in [0.05, 0.1) is 6.20 Å². The molecular formula is C20H17N3O2. The van der Waals surface area contributed by atoms with E-state index in [1.54, 1.807) is 0 Å². The predicted molar refractivity (Wildman–Crippen MR) is 96.3 cm³/mol. The van der Waals surface area contributed by atoms with Crippen LogP contribution in [-0.4, -0.2) is 22.6 Å². The number of nitrogens with zero attached hydrogens (tertiary/aromatic N) is 1. The van der Waals surface area contributed by atoms with Gasteiger partial charge in [-0.1, -0.05) is 53.7 Å². The van der Waals surface area contributed by atoms with Crippen LogP contribution in [0.5, 0.6) is 0 Å². The second kappa shape index (κ2) is 6.65. The number of fused-ring (bicyclic) bond motifs is 1. The molecule has 0 aliphatic carbocycles. The number of aromatic amines is 1. The molecule has 4 rings (SSSR count). The Morgan fingerprint density at radius 3 is 2.76 bits per heavy atom. The van der Waals surface area contributed by atoms with E-state index in [0.717, 1.165) is 17.5 Å². The SMILES string of the molecule is O=C(NCCc1c[nH]c2ccccc12)c1cnoc1-c1ccccc1. The molecular weight excluding hydrogens is 314 g/mol. The molecule has 4 aromatic rings. The Balaban J connectivity index is 1.44. The van der Waals surface area contributed by atoms with Crippen LogP contribution in [0.4, 0.5) is 0 Å². The molecule has 0 saturated carbocycles. The Hall–Kier alpha value is -3.34. The third-order valence-electron chi connectivity index (χ3n) is 4.21. The van der Waals surface area contributed by atoms with Crippen molar-refractivity contribution >= 4 is 16.8 Å². The fraction of sp³-hybridized carbons (Fsp3) is 0.100. The Bertz CT molecular complexity index is 1000. The summed E-state index contributed by atoms with van der Waals surface area (Å²) in [4.78, 5) is 15.7. The van der Waals surface area contributed by atoms with Crippen LogP contribution in [-0.2, 0) is 6.42 Å². The van der Waals surface area contributed by atoms with Crippen molar-refractivity contribution in [3.63, 3.8) is 0 Å². The van der Waals surface area contributed by atoms with Crippen molar-refractivity contribution < 1.29 is 9.32 Å². The van der Waals surface area contributed by atoms with Gasteiger partial charge in [0.25, 0.3) is 5.91 Å². The number of aromatic nitrogens is 2. The Morgan fingerprint density at radius 1 is 1.08 bits per heavy atom. The monoisotopic (exact) mass is 331 g/mol. The largest absolute Gasteiger partial charge is 0.361 e. The van der Waals surface area contributed by atoms with E-state index < -0.39 is 0 Å². The van der Waals surface area contributed by atoms with E-state index in [0.29, 0.717) is 17.9 Å². The minimum absolute atomic E-state index is 0.181. The molecule has 0 spiro atoms. The molecule has 25 heavy (non-hydrogen) atoms. The highest BCUT2D eigenvalue weighted by Crippen LogP contribution is 2.23. The van der Waals surface area contributed by atoms with Crippen LogP contribution in [0.3, 0.4) is 0 Å². The van der Waals surface area contributed by atoms with Crippen LogP contribution in [0.15, 0.2) is 71.5 Å². The summed E-state index contributed by atoms with van der Waals surface area (Å²) in [6.07, 6.45) is 4.21. The van der Waals surface area contributed by atoms with Gasteiger partial charge in [0, 0.05) is 29.2 Å². The van der Waals surface area contributed by atoms with Crippen LogP contribution in [0.2, 0.25) is 0 Å². The zero-order chi connectivity index (χ0) is 17.1. The van der Waals surface area contributed by atoms with E-state index in [1.165, 1.54) is 17.1 Å². The van der Waals surface area contributed by atoms with Crippen LogP contribution < -0.4 is 5.32 Å². The molecule has 0 aliphatic rings. The fourth-order valence-electron chi connectivity index (χ4n) is 2.94. The molecule has 0 atom stereocenters. The van der Waals surface area contributed by atoms with Crippen molar-refractivity contribution in [1.29, 1.82) is 0 Å². The van der Waals surface area contributed by atoms with E-state index in [-0.39, 0.29) is 5.91 Å². The molecule has 0 unspecified atom stereocenters. The summed E-state index contributed by atoms with van der Waals surface area (Å²) >= 11 is 0. The van der Waals surface area contributed by atoms with Crippen molar-refractivity contribution in [2.45, 2.75) is 6.42 Å².